The average molecular weight is 455 g/mol. The van der Waals surface area contributed by atoms with E-state index in [1.807, 2.05) is 101 Å². The largest absolute Gasteiger partial charge is 0.508 e. The van der Waals surface area contributed by atoms with Crippen molar-refractivity contribution in [2.45, 2.75) is 6.92 Å². The topological polar surface area (TPSA) is 64.4 Å². The molecule has 3 aromatic carbocycles. The van der Waals surface area contributed by atoms with Crippen molar-refractivity contribution in [1.29, 1.82) is 0 Å². The molecule has 0 saturated heterocycles. The van der Waals surface area contributed by atoms with Crippen LogP contribution in [-0.2, 0) is 7.05 Å². The molecule has 5 rings (SSSR count). The van der Waals surface area contributed by atoms with E-state index in [1.54, 1.807) is 16.8 Å². The Morgan fingerprint density at radius 2 is 1.52 bits per heavy atom. The first kappa shape index (κ1) is 20.8. The Kier molecular flexibility index (Phi) is 5.32. The number of phenolic OH excluding ortho intramolecular Hbond substituents is 1. The highest BCUT2D eigenvalue weighted by molar-refractivity contribution is 7.07. The first-order valence-electron chi connectivity index (χ1n) is 10.5. The predicted octanol–water partition coefficient (Wildman–Crippen LogP) is 4.94. The fourth-order valence-corrected chi connectivity index (χ4v) is 4.78. The van der Waals surface area contributed by atoms with E-state index in [4.69, 9.17) is 4.99 Å². The van der Waals surface area contributed by atoms with Gasteiger partial charge in [-0.1, -0.05) is 36.4 Å². The zero-order chi connectivity index (χ0) is 22.9. The zero-order valence-electron chi connectivity index (χ0n) is 18.2. The van der Waals surface area contributed by atoms with Gasteiger partial charge in [-0.2, -0.15) is 0 Å². The molecule has 33 heavy (non-hydrogen) atoms. The van der Waals surface area contributed by atoms with Crippen LogP contribution in [0, 0.1) is 6.92 Å². The summed E-state index contributed by atoms with van der Waals surface area (Å²) in [7, 11) is 1.88. The van der Waals surface area contributed by atoms with Gasteiger partial charge < -0.3 is 5.11 Å². The number of nitrogens with zero attached hydrogens (tertiary/aromatic N) is 4. The number of hydrogen-bond acceptors (Lipinski definition) is 4. The highest BCUT2D eigenvalue weighted by Crippen LogP contribution is 2.26. The summed E-state index contributed by atoms with van der Waals surface area (Å²) in [5, 5.41) is 11.8. The summed E-state index contributed by atoms with van der Waals surface area (Å²) in [5.74, 6) is 0.192. The maximum Gasteiger partial charge on any atom is 0.296 e. The van der Waals surface area contributed by atoms with Gasteiger partial charge in [-0.3, -0.25) is 14.0 Å². The summed E-state index contributed by atoms with van der Waals surface area (Å²) in [5.41, 5.74) is 4.55. The Bertz CT molecular complexity index is 1540. The van der Waals surface area contributed by atoms with Crippen molar-refractivity contribution < 1.29 is 5.11 Å². The second kappa shape index (κ2) is 8.44. The molecule has 0 aliphatic rings. The quantitative estimate of drug-likeness (QED) is 0.418. The molecule has 6 nitrogen and oxygen atoms in total. The minimum atomic E-state index is -0.130. The van der Waals surface area contributed by atoms with Crippen LogP contribution in [0.4, 0.5) is 5.69 Å². The van der Waals surface area contributed by atoms with E-state index in [0.717, 1.165) is 28.3 Å². The predicted molar refractivity (Wildman–Crippen MR) is 132 cm³/mol. The third-order valence-electron chi connectivity index (χ3n) is 5.60. The number of hydrogen-bond donors (Lipinski definition) is 1. The van der Waals surface area contributed by atoms with Crippen molar-refractivity contribution >= 4 is 17.0 Å². The minimum absolute atomic E-state index is 0.130. The van der Waals surface area contributed by atoms with Crippen molar-refractivity contribution in [3.63, 3.8) is 0 Å². The first-order chi connectivity index (χ1) is 16.0. The van der Waals surface area contributed by atoms with E-state index in [2.05, 4.69) is 0 Å². The number of aromatic nitrogens is 3. The lowest BCUT2D eigenvalue weighted by Gasteiger charge is -2.08. The van der Waals surface area contributed by atoms with E-state index < -0.39 is 0 Å². The molecular weight excluding hydrogens is 432 g/mol. The van der Waals surface area contributed by atoms with Crippen LogP contribution >= 0.6 is 11.3 Å². The molecule has 7 heteroatoms. The van der Waals surface area contributed by atoms with Gasteiger partial charge in [-0.05, 0) is 61.0 Å². The Morgan fingerprint density at radius 1 is 0.879 bits per heavy atom. The van der Waals surface area contributed by atoms with Gasteiger partial charge in [0.2, 0.25) is 0 Å². The molecule has 0 aliphatic carbocycles. The summed E-state index contributed by atoms with van der Waals surface area (Å²) >= 11 is 1.47. The Morgan fingerprint density at radius 3 is 2.18 bits per heavy atom. The molecule has 0 unspecified atom stereocenters. The van der Waals surface area contributed by atoms with Crippen molar-refractivity contribution in [2.75, 3.05) is 0 Å². The Hall–Kier alpha value is -4.10. The van der Waals surface area contributed by atoms with Crippen molar-refractivity contribution in [1.82, 2.24) is 13.9 Å². The molecule has 164 valence electrons. The van der Waals surface area contributed by atoms with Crippen molar-refractivity contribution in [2.24, 2.45) is 12.0 Å². The lowest BCUT2D eigenvalue weighted by molar-refractivity contribution is 0.475. The van der Waals surface area contributed by atoms with E-state index >= 15 is 0 Å². The standard InChI is InChI=1S/C26H22N4O2S/c1-18-24(25(32)30(28(18)2)21-11-7-4-8-12-21)29-23(19-13-15-22(31)16-14-19)17-33-26(29)27-20-9-5-3-6-10-20/h3-17,31H,1-2H3. The molecule has 2 aromatic heterocycles. The molecule has 5 aromatic rings. The summed E-state index contributed by atoms with van der Waals surface area (Å²) in [6.45, 7) is 1.94. The maximum absolute atomic E-state index is 13.8. The highest BCUT2D eigenvalue weighted by Gasteiger charge is 2.22. The molecule has 2 heterocycles. The summed E-state index contributed by atoms with van der Waals surface area (Å²) < 4.78 is 5.45. The first-order valence-corrected chi connectivity index (χ1v) is 11.4. The van der Waals surface area contributed by atoms with Gasteiger partial charge in [-0.15, -0.1) is 11.3 Å². The second-order valence-corrected chi connectivity index (χ2v) is 8.48. The van der Waals surface area contributed by atoms with Crippen molar-refractivity contribution in [3.8, 4) is 28.4 Å². The molecule has 0 fully saturated rings. The van der Waals surface area contributed by atoms with E-state index in [9.17, 15) is 9.90 Å². The molecule has 0 bridgehead atoms. The number of phenols is 1. The van der Waals surface area contributed by atoms with Crippen LogP contribution in [0.15, 0.2) is 100 Å². The summed E-state index contributed by atoms with van der Waals surface area (Å²) in [4.78, 5) is 19.3. The third-order valence-corrected chi connectivity index (χ3v) is 6.43. The van der Waals surface area contributed by atoms with E-state index in [0.29, 0.717) is 10.5 Å². The van der Waals surface area contributed by atoms with Gasteiger partial charge in [0.15, 0.2) is 4.80 Å². The fraction of sp³-hybridized carbons (Fsp3) is 0.0769. The Labute approximate surface area is 194 Å². The average Bonchev–Trinajstić information content (AvgIpc) is 3.33. The van der Waals surface area contributed by atoms with Crippen LogP contribution in [0.5, 0.6) is 5.75 Å². The Balaban J connectivity index is 1.83. The van der Waals surface area contributed by atoms with Crippen LogP contribution in [0.3, 0.4) is 0 Å². The molecular formula is C26H22N4O2S. The fourth-order valence-electron chi connectivity index (χ4n) is 3.86. The van der Waals surface area contributed by atoms with E-state index in [-0.39, 0.29) is 11.3 Å². The number of benzene rings is 3. The SMILES string of the molecule is Cc1c(-n2c(-c3ccc(O)cc3)csc2=Nc2ccccc2)c(=O)n(-c2ccccc2)n1C. The van der Waals surface area contributed by atoms with Gasteiger partial charge in [0.05, 0.1) is 22.8 Å². The van der Waals surface area contributed by atoms with Gasteiger partial charge in [0, 0.05) is 12.4 Å². The number of aromatic hydroxyl groups is 1. The summed E-state index contributed by atoms with van der Waals surface area (Å²) in [6.07, 6.45) is 0. The van der Waals surface area contributed by atoms with Crippen molar-refractivity contribution in [3.05, 3.63) is 111 Å². The molecule has 0 radical (unpaired) electrons. The van der Waals surface area contributed by atoms with Gasteiger partial charge in [-0.25, -0.2) is 9.67 Å². The normalized spacial score (nSPS) is 11.8. The maximum atomic E-state index is 13.8. The molecule has 0 aliphatic heterocycles. The van der Waals surface area contributed by atoms with Gasteiger partial charge in [0.25, 0.3) is 5.56 Å². The molecule has 1 N–H and O–H groups in total. The number of thiazole rings is 1. The van der Waals surface area contributed by atoms with Crippen LogP contribution in [0.25, 0.3) is 22.6 Å². The number of rotatable bonds is 4. The minimum Gasteiger partial charge on any atom is -0.508 e. The van der Waals surface area contributed by atoms with Crippen LogP contribution < -0.4 is 10.4 Å². The van der Waals surface area contributed by atoms with Crippen LogP contribution in [0.2, 0.25) is 0 Å². The smallest absolute Gasteiger partial charge is 0.296 e. The van der Waals surface area contributed by atoms with Crippen LogP contribution in [-0.4, -0.2) is 19.0 Å². The number of para-hydroxylation sites is 2. The molecule has 0 spiro atoms. The zero-order valence-corrected chi connectivity index (χ0v) is 19.0. The lowest BCUT2D eigenvalue weighted by atomic mass is 10.1. The van der Waals surface area contributed by atoms with Gasteiger partial charge >= 0.3 is 0 Å². The third kappa shape index (κ3) is 3.72. The highest BCUT2D eigenvalue weighted by atomic mass is 32.1. The lowest BCUT2D eigenvalue weighted by Crippen LogP contribution is -2.24. The second-order valence-electron chi connectivity index (χ2n) is 7.64. The molecule has 0 amide bonds. The summed E-state index contributed by atoms with van der Waals surface area (Å²) in [6, 6.07) is 26.3. The van der Waals surface area contributed by atoms with Crippen LogP contribution in [0.1, 0.15) is 5.69 Å². The molecule has 0 saturated carbocycles. The van der Waals surface area contributed by atoms with E-state index in [1.165, 1.54) is 11.3 Å². The molecule has 0 atom stereocenters. The monoisotopic (exact) mass is 454 g/mol. The van der Waals surface area contributed by atoms with Gasteiger partial charge in [0.1, 0.15) is 11.4 Å².